The van der Waals surface area contributed by atoms with E-state index in [1.165, 1.54) is 0 Å². The molecule has 2 heterocycles. The van der Waals surface area contributed by atoms with Gasteiger partial charge >= 0.3 is 0 Å². The van der Waals surface area contributed by atoms with Crippen molar-refractivity contribution >= 4 is 16.6 Å². The van der Waals surface area contributed by atoms with Gasteiger partial charge in [-0.05, 0) is 19.2 Å². The number of piperazine rings is 1. The highest BCUT2D eigenvalue weighted by Gasteiger charge is 2.21. The number of hydrogen-bond donors (Lipinski definition) is 0. The number of nitrogens with zero attached hydrogens (tertiary/aromatic N) is 4. The lowest BCUT2D eigenvalue weighted by Crippen LogP contribution is -2.45. The average Bonchev–Trinajstić information content (AvgIpc) is 2.73. The summed E-state index contributed by atoms with van der Waals surface area (Å²) in [7, 11) is 5.46. The van der Waals surface area contributed by atoms with Crippen LogP contribution in [-0.4, -0.2) is 62.5 Å². The zero-order chi connectivity index (χ0) is 18.8. The fourth-order valence-electron chi connectivity index (χ4n) is 3.53. The third kappa shape index (κ3) is 3.28. The molecule has 0 saturated carbocycles. The molecule has 0 spiro atoms. The largest absolute Gasteiger partial charge is 0.497 e. The van der Waals surface area contributed by atoms with Crippen molar-refractivity contribution < 1.29 is 9.47 Å². The predicted molar refractivity (Wildman–Crippen MR) is 108 cm³/mol. The van der Waals surface area contributed by atoms with Crippen LogP contribution >= 0.6 is 0 Å². The van der Waals surface area contributed by atoms with Crippen LogP contribution in [0.4, 0.5) is 5.82 Å². The van der Waals surface area contributed by atoms with Crippen LogP contribution in [0.25, 0.3) is 22.0 Å². The van der Waals surface area contributed by atoms with Crippen molar-refractivity contribution in [3.05, 3.63) is 42.5 Å². The molecular weight excluding hydrogens is 340 g/mol. The first-order chi connectivity index (χ1) is 13.2. The zero-order valence-electron chi connectivity index (χ0n) is 16.0. The minimum atomic E-state index is 0.723. The van der Waals surface area contributed by atoms with Crippen molar-refractivity contribution in [3.63, 3.8) is 0 Å². The van der Waals surface area contributed by atoms with Crippen LogP contribution in [0.2, 0.25) is 0 Å². The highest BCUT2D eigenvalue weighted by molar-refractivity contribution is 6.01. The molecule has 2 aromatic carbocycles. The molecule has 1 fully saturated rings. The van der Waals surface area contributed by atoms with E-state index in [0.29, 0.717) is 0 Å². The molecule has 1 aromatic heterocycles. The lowest BCUT2D eigenvalue weighted by Gasteiger charge is -2.33. The van der Waals surface area contributed by atoms with Gasteiger partial charge in [-0.3, -0.25) is 0 Å². The van der Waals surface area contributed by atoms with Crippen LogP contribution in [0.5, 0.6) is 11.5 Å². The Morgan fingerprint density at radius 2 is 1.59 bits per heavy atom. The molecule has 6 heteroatoms. The van der Waals surface area contributed by atoms with Gasteiger partial charge in [0.2, 0.25) is 0 Å². The first-order valence-corrected chi connectivity index (χ1v) is 9.12. The summed E-state index contributed by atoms with van der Waals surface area (Å²) >= 11 is 0. The van der Waals surface area contributed by atoms with E-state index in [-0.39, 0.29) is 0 Å². The Morgan fingerprint density at radius 1 is 0.852 bits per heavy atom. The maximum Gasteiger partial charge on any atom is 0.159 e. The maximum absolute atomic E-state index is 5.59. The lowest BCUT2D eigenvalue weighted by molar-refractivity contribution is 0.312. The number of ether oxygens (including phenoxy) is 2. The van der Waals surface area contributed by atoms with E-state index in [9.17, 15) is 0 Å². The molecule has 6 nitrogen and oxygen atoms in total. The fourth-order valence-corrected chi connectivity index (χ4v) is 3.53. The summed E-state index contributed by atoms with van der Waals surface area (Å²) in [5.74, 6) is 2.43. The number of methoxy groups -OCH3 is 2. The first kappa shape index (κ1) is 17.5. The van der Waals surface area contributed by atoms with Crippen molar-refractivity contribution in [1.29, 1.82) is 0 Å². The van der Waals surface area contributed by atoms with E-state index in [0.717, 1.165) is 65.5 Å². The van der Waals surface area contributed by atoms with Crippen molar-refractivity contribution in [3.8, 4) is 22.8 Å². The molecule has 140 valence electrons. The van der Waals surface area contributed by atoms with E-state index < -0.39 is 0 Å². The van der Waals surface area contributed by atoms with Gasteiger partial charge < -0.3 is 19.3 Å². The molecule has 4 rings (SSSR count). The lowest BCUT2D eigenvalue weighted by atomic mass is 10.0. The van der Waals surface area contributed by atoms with E-state index >= 15 is 0 Å². The molecular formula is C21H24N4O2. The average molecular weight is 364 g/mol. The molecule has 0 bridgehead atoms. The summed E-state index contributed by atoms with van der Waals surface area (Å²) in [5.41, 5.74) is 1.73. The molecule has 1 aliphatic rings. The second-order valence-corrected chi connectivity index (χ2v) is 6.77. The molecule has 27 heavy (non-hydrogen) atoms. The van der Waals surface area contributed by atoms with Gasteiger partial charge in [0.05, 0.1) is 14.2 Å². The van der Waals surface area contributed by atoms with E-state index in [1.807, 2.05) is 24.3 Å². The van der Waals surface area contributed by atoms with E-state index in [1.54, 1.807) is 14.2 Å². The smallest absolute Gasteiger partial charge is 0.159 e. The fraction of sp³-hybridized carbons (Fsp3) is 0.333. The summed E-state index contributed by atoms with van der Waals surface area (Å²) in [6, 6.07) is 14.1. The zero-order valence-corrected chi connectivity index (χ0v) is 16.0. The summed E-state index contributed by atoms with van der Waals surface area (Å²) in [5, 5.41) is 11.4. The molecule has 0 atom stereocenters. The van der Waals surface area contributed by atoms with E-state index in [4.69, 9.17) is 9.47 Å². The van der Waals surface area contributed by atoms with Gasteiger partial charge in [-0.1, -0.05) is 24.3 Å². The first-order valence-electron chi connectivity index (χ1n) is 9.12. The van der Waals surface area contributed by atoms with Crippen molar-refractivity contribution in [2.24, 2.45) is 0 Å². The summed E-state index contributed by atoms with van der Waals surface area (Å²) < 4.78 is 10.9. The second kappa shape index (κ2) is 7.40. The van der Waals surface area contributed by atoms with Gasteiger partial charge in [-0.15, -0.1) is 10.2 Å². The summed E-state index contributed by atoms with van der Waals surface area (Å²) in [4.78, 5) is 4.66. The molecule has 0 aliphatic carbocycles. The number of likely N-dealkylation sites (N-methyl/N-ethyl adjacent to an activating group) is 1. The Kier molecular flexibility index (Phi) is 4.81. The Hall–Kier alpha value is -2.86. The molecule has 0 N–H and O–H groups in total. The number of rotatable bonds is 4. The molecule has 1 saturated heterocycles. The Labute approximate surface area is 159 Å². The molecule has 1 aliphatic heterocycles. The number of benzene rings is 2. The Bertz CT molecular complexity index is 952. The molecule has 0 unspecified atom stereocenters. The quantitative estimate of drug-likeness (QED) is 0.709. The van der Waals surface area contributed by atoms with Crippen LogP contribution in [0.1, 0.15) is 0 Å². The Balaban J connectivity index is 1.83. The summed E-state index contributed by atoms with van der Waals surface area (Å²) in [6.45, 7) is 3.98. The number of anilines is 1. The highest BCUT2D eigenvalue weighted by Crippen LogP contribution is 2.37. The van der Waals surface area contributed by atoms with Gasteiger partial charge in [0, 0.05) is 48.6 Å². The van der Waals surface area contributed by atoms with Gasteiger partial charge in [-0.2, -0.15) is 0 Å². The van der Waals surface area contributed by atoms with E-state index in [2.05, 4.69) is 45.2 Å². The van der Waals surface area contributed by atoms with Gasteiger partial charge in [-0.25, -0.2) is 0 Å². The third-order valence-electron chi connectivity index (χ3n) is 5.13. The molecule has 0 radical (unpaired) electrons. The van der Waals surface area contributed by atoms with Gasteiger partial charge in [0.25, 0.3) is 0 Å². The second-order valence-electron chi connectivity index (χ2n) is 6.77. The normalized spacial score (nSPS) is 15.1. The highest BCUT2D eigenvalue weighted by atomic mass is 16.5. The minimum Gasteiger partial charge on any atom is -0.497 e. The van der Waals surface area contributed by atoms with Crippen LogP contribution in [0.3, 0.4) is 0 Å². The molecule has 0 amide bonds. The van der Waals surface area contributed by atoms with Crippen LogP contribution in [0, 0.1) is 0 Å². The third-order valence-corrected chi connectivity index (χ3v) is 5.13. The Morgan fingerprint density at radius 3 is 2.30 bits per heavy atom. The standard InChI is InChI=1S/C21H24N4O2/c1-24-10-12-25(13-11-24)21-17-7-5-4-6-16(17)20(22-23-21)18-9-8-15(26-2)14-19(18)27-3/h4-9,14H,10-13H2,1-3H3. The minimum absolute atomic E-state index is 0.723. The van der Waals surface area contributed by atoms with Crippen molar-refractivity contribution in [2.45, 2.75) is 0 Å². The topological polar surface area (TPSA) is 50.7 Å². The predicted octanol–water partition coefficient (Wildman–Crippen LogP) is 3.07. The van der Waals surface area contributed by atoms with Crippen LogP contribution in [-0.2, 0) is 0 Å². The van der Waals surface area contributed by atoms with Crippen molar-refractivity contribution in [2.75, 3.05) is 52.3 Å². The number of fused-ring (bicyclic) bond motifs is 1. The van der Waals surface area contributed by atoms with Crippen LogP contribution in [0.15, 0.2) is 42.5 Å². The van der Waals surface area contributed by atoms with Gasteiger partial charge in [0.15, 0.2) is 5.82 Å². The number of hydrogen-bond acceptors (Lipinski definition) is 6. The summed E-state index contributed by atoms with van der Waals surface area (Å²) in [6.07, 6.45) is 0. The van der Waals surface area contributed by atoms with Crippen LogP contribution < -0.4 is 14.4 Å². The molecule has 3 aromatic rings. The van der Waals surface area contributed by atoms with Crippen molar-refractivity contribution in [1.82, 2.24) is 15.1 Å². The monoisotopic (exact) mass is 364 g/mol. The van der Waals surface area contributed by atoms with Gasteiger partial charge in [0.1, 0.15) is 17.2 Å². The SMILES string of the molecule is COc1ccc(-c2nnc(N3CCN(C)CC3)c3ccccc23)c(OC)c1. The maximum atomic E-state index is 5.59. The number of aromatic nitrogens is 2.